The summed E-state index contributed by atoms with van der Waals surface area (Å²) in [6.07, 6.45) is 2.68. The molecule has 0 saturated carbocycles. The number of aromatic amines is 1. The fourth-order valence-corrected chi connectivity index (χ4v) is 4.39. The highest BCUT2D eigenvalue weighted by Gasteiger charge is 2.13. The van der Waals surface area contributed by atoms with Crippen LogP contribution in [0.4, 0.5) is 0 Å². The first-order valence-electron chi connectivity index (χ1n) is 11.7. The molecule has 0 aliphatic carbocycles. The van der Waals surface area contributed by atoms with Gasteiger partial charge in [0.15, 0.2) is 6.61 Å². The number of para-hydroxylation sites is 1. The molecule has 0 fully saturated rings. The number of methoxy groups -OCH3 is 1. The summed E-state index contributed by atoms with van der Waals surface area (Å²) < 4.78 is 16.3. The van der Waals surface area contributed by atoms with Gasteiger partial charge < -0.3 is 24.2 Å². The van der Waals surface area contributed by atoms with Gasteiger partial charge >= 0.3 is 5.63 Å². The smallest absolute Gasteiger partial charge is 0.336 e. The van der Waals surface area contributed by atoms with E-state index in [1.165, 1.54) is 6.07 Å². The van der Waals surface area contributed by atoms with Crippen LogP contribution in [0.3, 0.4) is 0 Å². The van der Waals surface area contributed by atoms with Crippen LogP contribution in [0.25, 0.3) is 33.0 Å². The quantitative estimate of drug-likeness (QED) is 0.301. The number of benzene rings is 3. The number of aromatic nitrogens is 1. The molecule has 5 aromatic rings. The van der Waals surface area contributed by atoms with E-state index in [0.29, 0.717) is 17.8 Å². The largest absolute Gasteiger partial charge is 0.497 e. The van der Waals surface area contributed by atoms with E-state index in [1.807, 2.05) is 61.7 Å². The van der Waals surface area contributed by atoms with Gasteiger partial charge in [0.1, 0.15) is 17.1 Å². The Morgan fingerprint density at radius 3 is 2.58 bits per heavy atom. The Kier molecular flexibility index (Phi) is 6.45. The Morgan fingerprint density at radius 2 is 1.78 bits per heavy atom. The average molecular weight is 483 g/mol. The van der Waals surface area contributed by atoms with Gasteiger partial charge in [-0.1, -0.05) is 30.3 Å². The number of amides is 1. The lowest BCUT2D eigenvalue weighted by molar-refractivity contribution is -0.123. The predicted molar refractivity (Wildman–Crippen MR) is 140 cm³/mol. The van der Waals surface area contributed by atoms with E-state index in [4.69, 9.17) is 13.9 Å². The van der Waals surface area contributed by atoms with Gasteiger partial charge in [-0.25, -0.2) is 4.79 Å². The Morgan fingerprint density at radius 1 is 1.00 bits per heavy atom. The predicted octanol–water partition coefficient (Wildman–Crippen LogP) is 5.08. The van der Waals surface area contributed by atoms with Crippen LogP contribution in [0.1, 0.15) is 12.5 Å². The summed E-state index contributed by atoms with van der Waals surface area (Å²) in [5.74, 6) is 0.948. The van der Waals surface area contributed by atoms with E-state index in [0.717, 1.165) is 38.7 Å². The zero-order chi connectivity index (χ0) is 25.1. The molecule has 7 nitrogen and oxygen atoms in total. The highest BCUT2D eigenvalue weighted by atomic mass is 16.5. The van der Waals surface area contributed by atoms with Crippen LogP contribution < -0.4 is 20.4 Å². The maximum Gasteiger partial charge on any atom is 0.336 e. The molecule has 0 radical (unpaired) electrons. The fraction of sp³-hybridized carbons (Fsp3) is 0.172. The maximum atomic E-state index is 12.5. The van der Waals surface area contributed by atoms with E-state index in [-0.39, 0.29) is 18.6 Å². The van der Waals surface area contributed by atoms with E-state index < -0.39 is 5.63 Å². The fourth-order valence-electron chi connectivity index (χ4n) is 4.39. The molecule has 7 heteroatoms. The number of carbonyl (C=O) groups is 1. The maximum absolute atomic E-state index is 12.5. The first-order valence-corrected chi connectivity index (χ1v) is 11.7. The molecule has 1 atom stereocenters. The molecule has 1 amide bonds. The van der Waals surface area contributed by atoms with Crippen molar-refractivity contribution in [2.24, 2.45) is 0 Å². The van der Waals surface area contributed by atoms with Crippen LogP contribution in [-0.2, 0) is 11.2 Å². The lowest BCUT2D eigenvalue weighted by Crippen LogP contribution is -2.37. The first-order chi connectivity index (χ1) is 17.5. The summed E-state index contributed by atoms with van der Waals surface area (Å²) >= 11 is 0. The number of fused-ring (bicyclic) bond motifs is 2. The van der Waals surface area contributed by atoms with Crippen molar-refractivity contribution in [2.45, 2.75) is 19.4 Å². The minimum Gasteiger partial charge on any atom is -0.497 e. The van der Waals surface area contributed by atoms with Gasteiger partial charge in [0.2, 0.25) is 0 Å². The molecule has 2 aromatic heterocycles. The van der Waals surface area contributed by atoms with Crippen molar-refractivity contribution in [3.05, 3.63) is 95.0 Å². The van der Waals surface area contributed by atoms with Crippen LogP contribution >= 0.6 is 0 Å². The van der Waals surface area contributed by atoms with Gasteiger partial charge in [-0.3, -0.25) is 4.79 Å². The monoisotopic (exact) mass is 482 g/mol. The molecule has 1 unspecified atom stereocenters. The van der Waals surface area contributed by atoms with E-state index in [1.54, 1.807) is 19.2 Å². The van der Waals surface area contributed by atoms with Crippen LogP contribution in [0, 0.1) is 0 Å². The molecule has 182 valence electrons. The van der Waals surface area contributed by atoms with E-state index in [9.17, 15) is 9.59 Å². The van der Waals surface area contributed by atoms with Crippen molar-refractivity contribution in [2.75, 3.05) is 13.7 Å². The van der Waals surface area contributed by atoms with Crippen molar-refractivity contribution >= 4 is 27.8 Å². The molecule has 0 spiro atoms. The second-order valence-corrected chi connectivity index (χ2v) is 8.69. The van der Waals surface area contributed by atoms with Gasteiger partial charge in [-0.2, -0.15) is 0 Å². The summed E-state index contributed by atoms with van der Waals surface area (Å²) in [6.45, 7) is 1.82. The average Bonchev–Trinajstić information content (AvgIpc) is 3.29. The number of nitrogens with one attached hydrogen (secondary N) is 2. The summed E-state index contributed by atoms with van der Waals surface area (Å²) in [5, 5.41) is 4.90. The van der Waals surface area contributed by atoms with Gasteiger partial charge in [0.25, 0.3) is 5.91 Å². The topological polar surface area (TPSA) is 93.6 Å². The Bertz CT molecular complexity index is 1580. The van der Waals surface area contributed by atoms with Crippen molar-refractivity contribution in [1.82, 2.24) is 10.3 Å². The lowest BCUT2D eigenvalue weighted by atomic mass is 10.0. The molecule has 0 bridgehead atoms. The minimum absolute atomic E-state index is 0.0676. The standard InChI is InChI=1S/C29H26N2O5/c1-18(13-20-16-30-26-6-4-3-5-23(20)26)31-28(32)17-35-22-11-12-24-25(15-29(33)36-27(24)14-22)19-7-9-21(34-2)10-8-19/h3-12,14-16,18,30H,13,17H2,1-2H3,(H,31,32). The van der Waals surface area contributed by atoms with Crippen LogP contribution in [0.5, 0.6) is 11.5 Å². The molecule has 3 aromatic carbocycles. The molecule has 2 heterocycles. The SMILES string of the molecule is COc1ccc(-c2cc(=O)oc3cc(OCC(=O)NC(C)Cc4c[nH]c5ccccc45)ccc23)cc1. The number of H-pyrrole nitrogens is 1. The van der Waals surface area contributed by atoms with E-state index in [2.05, 4.69) is 16.4 Å². The highest BCUT2D eigenvalue weighted by molar-refractivity contribution is 5.94. The normalized spacial score (nSPS) is 11.9. The summed E-state index contributed by atoms with van der Waals surface area (Å²) in [5.41, 5.74) is 3.77. The van der Waals surface area contributed by atoms with E-state index >= 15 is 0 Å². The number of ether oxygens (including phenoxy) is 2. The molecular weight excluding hydrogens is 456 g/mol. The Balaban J connectivity index is 1.25. The first kappa shape index (κ1) is 23.2. The summed E-state index contributed by atoms with van der Waals surface area (Å²) in [7, 11) is 1.60. The van der Waals surface area contributed by atoms with Gasteiger partial charge in [0, 0.05) is 40.7 Å². The minimum atomic E-state index is -0.464. The lowest BCUT2D eigenvalue weighted by Gasteiger charge is -2.14. The third-order valence-corrected chi connectivity index (χ3v) is 6.10. The van der Waals surface area contributed by atoms with Crippen molar-refractivity contribution in [1.29, 1.82) is 0 Å². The highest BCUT2D eigenvalue weighted by Crippen LogP contribution is 2.30. The Hall–Kier alpha value is -4.52. The van der Waals surface area contributed by atoms with Crippen molar-refractivity contribution in [3.8, 4) is 22.6 Å². The number of hydrogen-bond donors (Lipinski definition) is 2. The van der Waals surface area contributed by atoms with Gasteiger partial charge in [-0.15, -0.1) is 0 Å². The molecule has 0 aliphatic rings. The number of carbonyl (C=O) groups excluding carboxylic acids is 1. The van der Waals surface area contributed by atoms with Crippen molar-refractivity contribution < 1.29 is 18.7 Å². The summed E-state index contributed by atoms with van der Waals surface area (Å²) in [6, 6.07) is 22.2. The summed E-state index contributed by atoms with van der Waals surface area (Å²) in [4.78, 5) is 28.0. The molecular formula is C29H26N2O5. The van der Waals surface area contributed by atoms with Crippen molar-refractivity contribution in [3.63, 3.8) is 0 Å². The second kappa shape index (κ2) is 10.00. The zero-order valence-corrected chi connectivity index (χ0v) is 20.0. The molecule has 5 rings (SSSR count). The number of rotatable bonds is 8. The van der Waals surface area contributed by atoms with Gasteiger partial charge in [-0.05, 0) is 60.4 Å². The number of hydrogen-bond acceptors (Lipinski definition) is 5. The molecule has 2 N–H and O–H groups in total. The van der Waals surface area contributed by atoms with Crippen LogP contribution in [0.15, 0.2) is 88.2 Å². The molecule has 0 aliphatic heterocycles. The van der Waals surface area contributed by atoms with Crippen LogP contribution in [-0.4, -0.2) is 30.6 Å². The third kappa shape index (κ3) is 4.95. The van der Waals surface area contributed by atoms with Crippen LogP contribution in [0.2, 0.25) is 0 Å². The second-order valence-electron chi connectivity index (χ2n) is 8.69. The Labute approximate surface area is 207 Å². The van der Waals surface area contributed by atoms with Gasteiger partial charge in [0.05, 0.1) is 7.11 Å². The molecule has 0 saturated heterocycles. The third-order valence-electron chi connectivity index (χ3n) is 6.10. The zero-order valence-electron chi connectivity index (χ0n) is 20.0. The molecule has 36 heavy (non-hydrogen) atoms.